The lowest BCUT2D eigenvalue weighted by Gasteiger charge is -2.43. The van der Waals surface area contributed by atoms with Crippen LogP contribution in [0.2, 0.25) is 0 Å². The lowest BCUT2D eigenvalue weighted by atomic mass is 10.1. The van der Waals surface area contributed by atoms with Gasteiger partial charge < -0.3 is 10.6 Å². The Morgan fingerprint density at radius 2 is 2.00 bits per heavy atom. The summed E-state index contributed by atoms with van der Waals surface area (Å²) < 4.78 is 0. The molecule has 1 saturated heterocycles. The summed E-state index contributed by atoms with van der Waals surface area (Å²) >= 11 is 0. The van der Waals surface area contributed by atoms with Crippen molar-refractivity contribution in [2.24, 2.45) is 5.73 Å². The van der Waals surface area contributed by atoms with Crippen LogP contribution in [0.3, 0.4) is 0 Å². The topological polar surface area (TPSA) is 45.4 Å². The normalized spacial score (nSPS) is 26.2. The molecule has 0 radical (unpaired) electrons. The third kappa shape index (κ3) is 2.58. The average Bonchev–Trinajstić information content (AvgIpc) is 2.35. The van der Waals surface area contributed by atoms with Gasteiger partial charge >= 0.3 is 0 Å². The molecule has 2 heterocycles. The average molecular weight is 234 g/mol. The van der Waals surface area contributed by atoms with Crippen molar-refractivity contribution in [1.82, 2.24) is 9.88 Å². The molecule has 1 fully saturated rings. The predicted octanol–water partition coefficient (Wildman–Crippen LogP) is 1.07. The minimum atomic E-state index is 0.557. The molecule has 1 aromatic rings. The Kier molecular flexibility index (Phi) is 3.64. The molecule has 0 aromatic carbocycles. The Morgan fingerprint density at radius 3 is 2.59 bits per heavy atom. The van der Waals surface area contributed by atoms with E-state index in [0.29, 0.717) is 18.6 Å². The van der Waals surface area contributed by atoms with Crippen LogP contribution < -0.4 is 10.6 Å². The van der Waals surface area contributed by atoms with Crippen LogP contribution in [0, 0.1) is 0 Å². The van der Waals surface area contributed by atoms with Gasteiger partial charge in [-0.25, -0.2) is 4.98 Å². The highest BCUT2D eigenvalue weighted by Crippen LogP contribution is 2.20. The number of pyridine rings is 1. The second-order valence-corrected chi connectivity index (χ2v) is 4.99. The van der Waals surface area contributed by atoms with Crippen molar-refractivity contribution < 1.29 is 0 Å². The van der Waals surface area contributed by atoms with Crippen LogP contribution in [0.4, 0.5) is 5.82 Å². The van der Waals surface area contributed by atoms with E-state index in [1.807, 2.05) is 12.3 Å². The molecule has 0 spiro atoms. The first-order valence-corrected chi connectivity index (χ1v) is 6.23. The Balaban J connectivity index is 2.16. The van der Waals surface area contributed by atoms with Crippen LogP contribution in [-0.2, 0) is 6.54 Å². The van der Waals surface area contributed by atoms with Gasteiger partial charge in [-0.2, -0.15) is 0 Å². The number of anilines is 1. The number of nitrogens with zero attached hydrogens (tertiary/aromatic N) is 3. The van der Waals surface area contributed by atoms with E-state index in [0.717, 1.165) is 24.5 Å². The highest BCUT2D eigenvalue weighted by molar-refractivity contribution is 5.42. The van der Waals surface area contributed by atoms with Gasteiger partial charge in [-0.05, 0) is 38.6 Å². The van der Waals surface area contributed by atoms with Crippen LogP contribution in [0.15, 0.2) is 18.3 Å². The van der Waals surface area contributed by atoms with E-state index in [2.05, 4.69) is 41.7 Å². The summed E-state index contributed by atoms with van der Waals surface area (Å²) in [5.41, 5.74) is 6.82. The second-order valence-electron chi connectivity index (χ2n) is 4.99. The minimum absolute atomic E-state index is 0.557. The molecular weight excluding hydrogens is 212 g/mol. The second kappa shape index (κ2) is 5.02. The van der Waals surface area contributed by atoms with E-state index in [9.17, 15) is 0 Å². The zero-order valence-electron chi connectivity index (χ0n) is 10.9. The van der Waals surface area contributed by atoms with Crippen molar-refractivity contribution >= 4 is 5.82 Å². The zero-order valence-corrected chi connectivity index (χ0v) is 10.9. The van der Waals surface area contributed by atoms with Crippen molar-refractivity contribution in [1.29, 1.82) is 0 Å². The molecule has 2 N–H and O–H groups in total. The standard InChI is InChI=1S/C13H22N4/c1-10-8-17(9-11(2)16(10)3)13-6-12(7-14)4-5-15-13/h4-6,10-11H,7-9,14H2,1-3H3. The fraction of sp³-hybridized carbons (Fsp3) is 0.615. The van der Waals surface area contributed by atoms with E-state index in [4.69, 9.17) is 5.73 Å². The molecule has 2 rings (SSSR count). The largest absolute Gasteiger partial charge is 0.353 e. The van der Waals surface area contributed by atoms with Gasteiger partial charge in [0, 0.05) is 37.9 Å². The number of piperazine rings is 1. The number of rotatable bonds is 2. The molecule has 1 aliphatic rings. The van der Waals surface area contributed by atoms with Crippen molar-refractivity contribution in [2.45, 2.75) is 32.5 Å². The van der Waals surface area contributed by atoms with Gasteiger partial charge in [-0.15, -0.1) is 0 Å². The molecule has 2 atom stereocenters. The van der Waals surface area contributed by atoms with Crippen molar-refractivity contribution in [3.63, 3.8) is 0 Å². The van der Waals surface area contributed by atoms with Gasteiger partial charge in [0.25, 0.3) is 0 Å². The molecule has 1 aromatic heterocycles. The summed E-state index contributed by atoms with van der Waals surface area (Å²) in [5, 5.41) is 0. The monoisotopic (exact) mass is 234 g/mol. The molecule has 2 unspecified atom stereocenters. The fourth-order valence-electron chi connectivity index (χ4n) is 2.35. The summed E-state index contributed by atoms with van der Waals surface area (Å²) in [7, 11) is 2.19. The first kappa shape index (κ1) is 12.3. The van der Waals surface area contributed by atoms with E-state index in [1.54, 1.807) is 0 Å². The van der Waals surface area contributed by atoms with Crippen LogP contribution in [-0.4, -0.2) is 42.1 Å². The number of aromatic nitrogens is 1. The maximum absolute atomic E-state index is 5.67. The van der Waals surface area contributed by atoms with E-state index < -0.39 is 0 Å². The van der Waals surface area contributed by atoms with Gasteiger partial charge in [0.05, 0.1) is 0 Å². The van der Waals surface area contributed by atoms with Crippen LogP contribution in [0.25, 0.3) is 0 Å². The summed E-state index contributed by atoms with van der Waals surface area (Å²) in [6.07, 6.45) is 1.85. The summed E-state index contributed by atoms with van der Waals surface area (Å²) in [5.74, 6) is 1.06. The smallest absolute Gasteiger partial charge is 0.128 e. The lowest BCUT2D eigenvalue weighted by Crippen LogP contribution is -2.55. The Hall–Kier alpha value is -1.13. The highest BCUT2D eigenvalue weighted by atomic mass is 15.3. The van der Waals surface area contributed by atoms with Crippen LogP contribution in [0.1, 0.15) is 19.4 Å². The van der Waals surface area contributed by atoms with Gasteiger partial charge in [0.1, 0.15) is 5.82 Å². The van der Waals surface area contributed by atoms with Crippen molar-refractivity contribution in [3.05, 3.63) is 23.9 Å². The Labute approximate surface area is 103 Å². The van der Waals surface area contributed by atoms with Crippen LogP contribution >= 0.6 is 0 Å². The van der Waals surface area contributed by atoms with Gasteiger partial charge in [0.15, 0.2) is 0 Å². The maximum atomic E-state index is 5.67. The van der Waals surface area contributed by atoms with Crippen molar-refractivity contribution in [2.75, 3.05) is 25.0 Å². The zero-order chi connectivity index (χ0) is 12.4. The third-order valence-electron chi connectivity index (χ3n) is 3.73. The fourth-order valence-corrected chi connectivity index (χ4v) is 2.35. The number of likely N-dealkylation sites (N-methyl/N-ethyl adjacent to an activating group) is 1. The predicted molar refractivity (Wildman–Crippen MR) is 71.0 cm³/mol. The highest BCUT2D eigenvalue weighted by Gasteiger charge is 2.27. The first-order valence-electron chi connectivity index (χ1n) is 6.23. The maximum Gasteiger partial charge on any atom is 0.128 e. The Bertz CT molecular complexity index is 367. The number of nitrogens with two attached hydrogens (primary N) is 1. The Morgan fingerprint density at radius 1 is 1.35 bits per heavy atom. The summed E-state index contributed by atoms with van der Waals surface area (Å²) in [4.78, 5) is 9.23. The molecule has 17 heavy (non-hydrogen) atoms. The van der Waals surface area contributed by atoms with E-state index >= 15 is 0 Å². The molecule has 1 aliphatic heterocycles. The molecule has 0 aliphatic carbocycles. The van der Waals surface area contributed by atoms with Gasteiger partial charge in [0.2, 0.25) is 0 Å². The first-order chi connectivity index (χ1) is 8.11. The molecule has 94 valence electrons. The van der Waals surface area contributed by atoms with Gasteiger partial charge in [-0.1, -0.05) is 0 Å². The molecular formula is C13H22N4. The number of hydrogen-bond acceptors (Lipinski definition) is 4. The quantitative estimate of drug-likeness (QED) is 0.831. The van der Waals surface area contributed by atoms with Crippen molar-refractivity contribution in [3.8, 4) is 0 Å². The van der Waals surface area contributed by atoms with E-state index in [1.165, 1.54) is 0 Å². The molecule has 0 bridgehead atoms. The number of hydrogen-bond donors (Lipinski definition) is 1. The third-order valence-corrected chi connectivity index (χ3v) is 3.73. The van der Waals surface area contributed by atoms with Crippen LogP contribution in [0.5, 0.6) is 0 Å². The lowest BCUT2D eigenvalue weighted by molar-refractivity contribution is 0.169. The summed E-state index contributed by atoms with van der Waals surface area (Å²) in [6.45, 7) is 7.16. The van der Waals surface area contributed by atoms with E-state index in [-0.39, 0.29) is 0 Å². The summed E-state index contributed by atoms with van der Waals surface area (Å²) in [6, 6.07) is 5.20. The minimum Gasteiger partial charge on any atom is -0.353 e. The molecule has 0 amide bonds. The van der Waals surface area contributed by atoms with Gasteiger partial charge in [-0.3, -0.25) is 4.90 Å². The SMILES string of the molecule is CC1CN(c2cc(CN)ccn2)CC(C)N1C. The molecule has 0 saturated carbocycles. The molecule has 4 nitrogen and oxygen atoms in total. The molecule has 4 heteroatoms.